The van der Waals surface area contributed by atoms with Crippen LogP contribution in [0.2, 0.25) is 0 Å². The zero-order valence-corrected chi connectivity index (χ0v) is 16.6. The maximum atomic E-state index is 5.00. The van der Waals surface area contributed by atoms with Gasteiger partial charge in [0.15, 0.2) is 17.5 Å². The largest absolute Gasteiger partial charge is 0.342 e. The van der Waals surface area contributed by atoms with Gasteiger partial charge in [-0.1, -0.05) is 37.3 Å². The summed E-state index contributed by atoms with van der Waals surface area (Å²) >= 11 is 0. The highest BCUT2D eigenvalue weighted by Crippen LogP contribution is 2.40. The molecule has 0 bridgehead atoms. The first-order valence-electron chi connectivity index (χ1n) is 9.83. The molecule has 1 aliphatic heterocycles. The van der Waals surface area contributed by atoms with Crippen molar-refractivity contribution in [2.45, 2.75) is 39.3 Å². The summed E-state index contributed by atoms with van der Waals surface area (Å²) in [4.78, 5) is 12.0. The van der Waals surface area contributed by atoms with Crippen molar-refractivity contribution in [1.82, 2.24) is 34.9 Å². The van der Waals surface area contributed by atoms with Crippen molar-refractivity contribution in [2.75, 3.05) is 4.90 Å². The third-order valence-corrected chi connectivity index (χ3v) is 5.35. The second-order valence-corrected chi connectivity index (χ2v) is 7.41. The highest BCUT2D eigenvalue weighted by atomic mass is 15.4. The summed E-state index contributed by atoms with van der Waals surface area (Å²) in [6.45, 7) is 6.51. The molecular weight excluding hydrogens is 364 g/mol. The molecule has 1 aliphatic rings. The number of aromatic nitrogens is 7. The van der Waals surface area contributed by atoms with Gasteiger partial charge >= 0.3 is 0 Å². The van der Waals surface area contributed by atoms with Gasteiger partial charge in [0, 0.05) is 11.6 Å². The van der Waals surface area contributed by atoms with Gasteiger partial charge in [0.25, 0.3) is 0 Å². The SMILES string of the molecule is CC[C@@H]1c2nncn2-c2cnc(-c3cn[nH]c3-c3ccccc3)nc2N1C(C)C. The third-order valence-electron chi connectivity index (χ3n) is 5.35. The van der Waals surface area contributed by atoms with Crippen molar-refractivity contribution in [3.63, 3.8) is 0 Å². The van der Waals surface area contributed by atoms with Crippen LogP contribution in [0, 0.1) is 0 Å². The van der Waals surface area contributed by atoms with E-state index in [1.165, 1.54) is 0 Å². The number of rotatable bonds is 4. The molecule has 0 saturated heterocycles. The van der Waals surface area contributed by atoms with Gasteiger partial charge in [-0.15, -0.1) is 10.2 Å². The number of H-pyrrole nitrogens is 1. The molecule has 0 fully saturated rings. The maximum Gasteiger partial charge on any atom is 0.165 e. The lowest BCUT2D eigenvalue weighted by atomic mass is 10.1. The van der Waals surface area contributed by atoms with Crippen LogP contribution >= 0.6 is 0 Å². The summed E-state index contributed by atoms with van der Waals surface area (Å²) in [5, 5.41) is 15.9. The Hall–Kier alpha value is -3.55. The van der Waals surface area contributed by atoms with Crippen molar-refractivity contribution < 1.29 is 0 Å². The smallest absolute Gasteiger partial charge is 0.165 e. The van der Waals surface area contributed by atoms with E-state index in [1.54, 1.807) is 12.5 Å². The van der Waals surface area contributed by atoms with Crippen LogP contribution in [-0.2, 0) is 0 Å². The summed E-state index contributed by atoms with van der Waals surface area (Å²) in [5.74, 6) is 2.47. The minimum atomic E-state index is 0.116. The molecule has 0 radical (unpaired) electrons. The van der Waals surface area contributed by atoms with Crippen molar-refractivity contribution in [3.8, 4) is 28.3 Å². The van der Waals surface area contributed by atoms with E-state index >= 15 is 0 Å². The van der Waals surface area contributed by atoms with E-state index in [0.717, 1.165) is 40.6 Å². The van der Waals surface area contributed by atoms with E-state index < -0.39 is 0 Å². The van der Waals surface area contributed by atoms with E-state index in [4.69, 9.17) is 4.98 Å². The molecule has 1 atom stereocenters. The van der Waals surface area contributed by atoms with E-state index in [2.05, 4.69) is 51.0 Å². The third kappa shape index (κ3) is 2.71. The molecule has 0 unspecified atom stereocenters. The Bertz CT molecular complexity index is 1140. The molecule has 0 saturated carbocycles. The molecular formula is C21H22N8. The fourth-order valence-electron chi connectivity index (χ4n) is 4.05. The molecule has 5 rings (SSSR count). The van der Waals surface area contributed by atoms with Gasteiger partial charge in [-0.05, 0) is 20.3 Å². The predicted octanol–water partition coefficient (Wildman–Crippen LogP) is 3.79. The van der Waals surface area contributed by atoms with Crippen LogP contribution in [0.1, 0.15) is 39.1 Å². The number of fused-ring (bicyclic) bond motifs is 3. The monoisotopic (exact) mass is 386 g/mol. The van der Waals surface area contributed by atoms with E-state index in [0.29, 0.717) is 5.82 Å². The Balaban J connectivity index is 1.68. The van der Waals surface area contributed by atoms with E-state index in [-0.39, 0.29) is 12.1 Å². The Morgan fingerprint density at radius 1 is 1.14 bits per heavy atom. The molecule has 0 aliphatic carbocycles. The summed E-state index contributed by atoms with van der Waals surface area (Å²) in [5.41, 5.74) is 3.74. The number of nitrogens with zero attached hydrogens (tertiary/aromatic N) is 7. The topological polar surface area (TPSA) is 88.4 Å². The van der Waals surface area contributed by atoms with Crippen molar-refractivity contribution in [3.05, 3.63) is 54.9 Å². The number of anilines is 1. The van der Waals surface area contributed by atoms with Gasteiger partial charge in [0.2, 0.25) is 0 Å². The number of benzene rings is 1. The van der Waals surface area contributed by atoms with Crippen LogP contribution in [0.5, 0.6) is 0 Å². The number of hydrogen-bond donors (Lipinski definition) is 1. The molecule has 3 aromatic heterocycles. The summed E-state index contributed by atoms with van der Waals surface area (Å²) < 4.78 is 2.00. The van der Waals surface area contributed by atoms with E-state index in [1.807, 2.05) is 41.1 Å². The van der Waals surface area contributed by atoms with Gasteiger partial charge in [0.1, 0.15) is 12.0 Å². The Labute approximate surface area is 168 Å². The van der Waals surface area contributed by atoms with Gasteiger partial charge in [-0.25, -0.2) is 9.97 Å². The number of nitrogens with one attached hydrogen (secondary N) is 1. The zero-order chi connectivity index (χ0) is 20.0. The van der Waals surface area contributed by atoms with Gasteiger partial charge < -0.3 is 4.90 Å². The number of hydrogen-bond acceptors (Lipinski definition) is 6. The van der Waals surface area contributed by atoms with Gasteiger partial charge in [-0.2, -0.15) is 5.10 Å². The van der Waals surface area contributed by atoms with Crippen molar-refractivity contribution in [1.29, 1.82) is 0 Å². The molecule has 4 aromatic rings. The second-order valence-electron chi connectivity index (χ2n) is 7.41. The van der Waals surface area contributed by atoms with Crippen LogP contribution in [0.3, 0.4) is 0 Å². The molecule has 29 heavy (non-hydrogen) atoms. The highest BCUT2D eigenvalue weighted by molar-refractivity contribution is 5.78. The van der Waals surface area contributed by atoms with Gasteiger partial charge in [-0.3, -0.25) is 9.67 Å². The molecule has 0 amide bonds. The fourth-order valence-corrected chi connectivity index (χ4v) is 4.05. The molecule has 8 heteroatoms. The summed E-state index contributed by atoms with van der Waals surface area (Å²) in [6, 6.07) is 10.5. The highest BCUT2D eigenvalue weighted by Gasteiger charge is 2.35. The standard InChI is InChI=1S/C21H22N8/c1-4-16-21-27-24-12-28(21)17-11-22-19(25-20(17)29(16)13(2)3)15-10-23-26-18(15)14-8-6-5-7-9-14/h5-13,16H,4H2,1-3H3,(H,23,26)/t16-/m1/s1. The molecule has 1 aromatic carbocycles. The Kier molecular flexibility index (Phi) is 4.12. The lowest BCUT2D eigenvalue weighted by Crippen LogP contribution is -2.40. The molecule has 146 valence electrons. The summed E-state index contributed by atoms with van der Waals surface area (Å²) in [7, 11) is 0. The first-order chi connectivity index (χ1) is 14.2. The van der Waals surface area contributed by atoms with Crippen LogP contribution < -0.4 is 4.90 Å². The van der Waals surface area contributed by atoms with Crippen LogP contribution in [0.4, 0.5) is 5.82 Å². The van der Waals surface area contributed by atoms with Crippen LogP contribution in [0.15, 0.2) is 49.1 Å². The average Bonchev–Trinajstić information content (AvgIpc) is 3.42. The lowest BCUT2D eigenvalue weighted by Gasteiger charge is -2.39. The zero-order valence-electron chi connectivity index (χ0n) is 16.6. The molecule has 8 nitrogen and oxygen atoms in total. The fraction of sp³-hybridized carbons (Fsp3) is 0.286. The minimum Gasteiger partial charge on any atom is -0.342 e. The predicted molar refractivity (Wildman–Crippen MR) is 111 cm³/mol. The average molecular weight is 386 g/mol. The normalized spacial score (nSPS) is 15.4. The first-order valence-corrected chi connectivity index (χ1v) is 9.83. The Morgan fingerprint density at radius 2 is 1.97 bits per heavy atom. The molecule has 4 heterocycles. The van der Waals surface area contributed by atoms with E-state index in [9.17, 15) is 0 Å². The molecule has 0 spiro atoms. The van der Waals surface area contributed by atoms with Gasteiger partial charge in [0.05, 0.1) is 29.7 Å². The molecule has 1 N–H and O–H groups in total. The minimum absolute atomic E-state index is 0.116. The van der Waals surface area contributed by atoms with Crippen LogP contribution in [0.25, 0.3) is 28.3 Å². The van der Waals surface area contributed by atoms with Crippen LogP contribution in [-0.4, -0.2) is 41.0 Å². The quantitative estimate of drug-likeness (QED) is 0.574. The van der Waals surface area contributed by atoms with Crippen molar-refractivity contribution >= 4 is 5.82 Å². The van der Waals surface area contributed by atoms with Crippen molar-refractivity contribution in [2.24, 2.45) is 0 Å². The maximum absolute atomic E-state index is 5.00. The number of aromatic amines is 1. The Morgan fingerprint density at radius 3 is 2.72 bits per heavy atom. The second kappa shape index (κ2) is 6.80. The lowest BCUT2D eigenvalue weighted by molar-refractivity contribution is 0.497. The first kappa shape index (κ1) is 17.5. The summed E-state index contributed by atoms with van der Waals surface area (Å²) in [6.07, 6.45) is 6.29.